The molecule has 2 aromatic heterocycles. The van der Waals surface area contributed by atoms with Crippen molar-refractivity contribution in [3.8, 4) is 0 Å². The second kappa shape index (κ2) is 7.47. The predicted molar refractivity (Wildman–Crippen MR) is 113 cm³/mol. The van der Waals surface area contributed by atoms with Crippen molar-refractivity contribution in [3.63, 3.8) is 0 Å². The molecule has 4 rings (SSSR count). The van der Waals surface area contributed by atoms with E-state index in [2.05, 4.69) is 48.2 Å². The van der Waals surface area contributed by atoms with Crippen molar-refractivity contribution in [2.24, 2.45) is 5.41 Å². The van der Waals surface area contributed by atoms with Crippen LogP contribution in [0, 0.1) is 5.41 Å². The molecule has 3 heterocycles. The van der Waals surface area contributed by atoms with Crippen molar-refractivity contribution in [1.29, 1.82) is 0 Å². The first kappa shape index (κ1) is 18.8. The third-order valence-electron chi connectivity index (χ3n) is 5.48. The molecular formula is C23H29N3O2. The molecule has 1 aliphatic heterocycles. The van der Waals surface area contributed by atoms with Gasteiger partial charge in [0.15, 0.2) is 0 Å². The van der Waals surface area contributed by atoms with Gasteiger partial charge in [-0.3, -0.25) is 4.79 Å². The Morgan fingerprint density at radius 3 is 2.71 bits per heavy atom. The molecule has 0 atom stereocenters. The summed E-state index contributed by atoms with van der Waals surface area (Å²) in [7, 11) is 0. The fourth-order valence-electron chi connectivity index (χ4n) is 4.23. The first-order valence-electron chi connectivity index (χ1n) is 10.1. The van der Waals surface area contributed by atoms with Gasteiger partial charge in [0.05, 0.1) is 11.8 Å². The van der Waals surface area contributed by atoms with Crippen LogP contribution in [0.4, 0.5) is 5.69 Å². The number of H-pyrrole nitrogens is 1. The summed E-state index contributed by atoms with van der Waals surface area (Å²) in [5.41, 5.74) is 4.17. The van der Waals surface area contributed by atoms with E-state index in [1.165, 1.54) is 36.3 Å². The van der Waals surface area contributed by atoms with Crippen LogP contribution in [-0.4, -0.2) is 35.4 Å². The maximum absolute atomic E-state index is 12.3. The number of carbonyl (C=O) groups excluding carboxylic acids is 1. The maximum Gasteiger partial charge on any atom is 0.258 e. The number of nitrogens with one attached hydrogen (secondary N) is 2. The Balaban J connectivity index is 1.49. The number of anilines is 1. The maximum atomic E-state index is 12.3. The van der Waals surface area contributed by atoms with Crippen LogP contribution in [0.25, 0.3) is 10.9 Å². The number of aromatic nitrogens is 1. The Bertz CT molecular complexity index is 942. The second-order valence-electron chi connectivity index (χ2n) is 9.08. The van der Waals surface area contributed by atoms with E-state index < -0.39 is 0 Å². The number of hydrogen-bond acceptors (Lipinski definition) is 3. The molecule has 5 nitrogen and oxygen atoms in total. The number of piperidine rings is 1. The number of benzene rings is 1. The lowest BCUT2D eigenvalue weighted by atomic mass is 9.87. The highest BCUT2D eigenvalue weighted by molar-refractivity contribution is 6.05. The number of amides is 1. The van der Waals surface area contributed by atoms with E-state index in [4.69, 9.17) is 4.42 Å². The van der Waals surface area contributed by atoms with Crippen LogP contribution < -0.4 is 5.32 Å². The van der Waals surface area contributed by atoms with Crippen LogP contribution in [0.3, 0.4) is 0 Å². The van der Waals surface area contributed by atoms with E-state index in [0.717, 1.165) is 30.8 Å². The molecular weight excluding hydrogens is 350 g/mol. The molecule has 1 fully saturated rings. The van der Waals surface area contributed by atoms with E-state index in [-0.39, 0.29) is 5.91 Å². The van der Waals surface area contributed by atoms with Crippen molar-refractivity contribution >= 4 is 22.5 Å². The summed E-state index contributed by atoms with van der Waals surface area (Å²) in [5.74, 6) is 0.408. The molecule has 2 N–H and O–H groups in total. The van der Waals surface area contributed by atoms with E-state index in [1.54, 1.807) is 6.07 Å². The average molecular weight is 380 g/mol. The van der Waals surface area contributed by atoms with Gasteiger partial charge in [-0.05, 0) is 67.1 Å². The van der Waals surface area contributed by atoms with Crippen LogP contribution in [-0.2, 0) is 0 Å². The van der Waals surface area contributed by atoms with Gasteiger partial charge in [0.2, 0.25) is 0 Å². The first-order valence-corrected chi connectivity index (χ1v) is 10.1. The minimum Gasteiger partial charge on any atom is -0.472 e. The zero-order chi connectivity index (χ0) is 19.7. The Morgan fingerprint density at radius 1 is 1.25 bits per heavy atom. The zero-order valence-electron chi connectivity index (χ0n) is 16.9. The molecule has 1 aromatic carbocycles. The summed E-state index contributed by atoms with van der Waals surface area (Å²) in [6.45, 7) is 10.4. The van der Waals surface area contributed by atoms with Crippen LogP contribution >= 0.6 is 0 Å². The lowest BCUT2D eigenvalue weighted by Crippen LogP contribution is -2.38. The van der Waals surface area contributed by atoms with E-state index in [1.807, 2.05) is 12.1 Å². The molecule has 28 heavy (non-hydrogen) atoms. The molecule has 0 aliphatic carbocycles. The molecule has 1 amide bonds. The summed E-state index contributed by atoms with van der Waals surface area (Å²) < 4.78 is 5.00. The lowest BCUT2D eigenvalue weighted by molar-refractivity contribution is 0.102. The Hall–Kier alpha value is -2.53. The normalized spacial score (nSPS) is 16.5. The molecule has 0 unspecified atom stereocenters. The van der Waals surface area contributed by atoms with Crippen LogP contribution in [0.15, 0.2) is 47.4 Å². The fraction of sp³-hybridized carbons (Fsp3) is 0.435. The van der Waals surface area contributed by atoms with E-state index in [0.29, 0.717) is 16.9 Å². The van der Waals surface area contributed by atoms with Crippen molar-refractivity contribution in [3.05, 3.63) is 54.1 Å². The van der Waals surface area contributed by atoms with Gasteiger partial charge in [0.1, 0.15) is 6.26 Å². The SMILES string of the molecule is CC(C)(C)CN1CCC(c2c[nH]c3ccc(NC(=O)c4ccoc4)cc23)CC1. The third kappa shape index (κ3) is 4.14. The quantitative estimate of drug-likeness (QED) is 0.652. The minimum atomic E-state index is -0.152. The number of fused-ring (bicyclic) bond motifs is 1. The number of carbonyl (C=O) groups is 1. The molecule has 0 radical (unpaired) electrons. The summed E-state index contributed by atoms with van der Waals surface area (Å²) >= 11 is 0. The van der Waals surface area contributed by atoms with Crippen molar-refractivity contribution in [1.82, 2.24) is 9.88 Å². The molecule has 5 heteroatoms. The van der Waals surface area contributed by atoms with Gasteiger partial charge in [-0.2, -0.15) is 0 Å². The number of likely N-dealkylation sites (tertiary alicyclic amines) is 1. The minimum absolute atomic E-state index is 0.152. The summed E-state index contributed by atoms with van der Waals surface area (Å²) in [6.07, 6.45) is 7.47. The molecule has 0 bridgehead atoms. The third-order valence-corrected chi connectivity index (χ3v) is 5.48. The highest BCUT2D eigenvalue weighted by Gasteiger charge is 2.25. The van der Waals surface area contributed by atoms with E-state index in [9.17, 15) is 4.79 Å². The number of aromatic amines is 1. The smallest absolute Gasteiger partial charge is 0.258 e. The highest BCUT2D eigenvalue weighted by Crippen LogP contribution is 2.35. The molecule has 1 aliphatic rings. The fourth-order valence-corrected chi connectivity index (χ4v) is 4.23. The van der Waals surface area contributed by atoms with Crippen LogP contribution in [0.5, 0.6) is 0 Å². The van der Waals surface area contributed by atoms with Crippen LogP contribution in [0.1, 0.15) is 55.5 Å². The Morgan fingerprint density at radius 2 is 2.04 bits per heavy atom. The van der Waals surface area contributed by atoms with Crippen molar-refractivity contribution < 1.29 is 9.21 Å². The molecule has 0 saturated carbocycles. The standard InChI is InChI=1S/C23H29N3O2/c1-23(2,3)15-26-9-6-16(7-10-26)20-13-24-21-5-4-18(12-19(20)21)25-22(27)17-8-11-28-14-17/h4-5,8,11-14,16,24H,6-7,9-10,15H2,1-3H3,(H,25,27). The number of furan rings is 1. The van der Waals surface area contributed by atoms with Gasteiger partial charge in [-0.15, -0.1) is 0 Å². The van der Waals surface area contributed by atoms with Gasteiger partial charge in [-0.1, -0.05) is 20.8 Å². The topological polar surface area (TPSA) is 61.3 Å². The van der Waals surface area contributed by atoms with Crippen molar-refractivity contribution in [2.75, 3.05) is 25.0 Å². The molecule has 148 valence electrons. The van der Waals surface area contributed by atoms with Gasteiger partial charge >= 0.3 is 0 Å². The number of hydrogen-bond donors (Lipinski definition) is 2. The summed E-state index contributed by atoms with van der Waals surface area (Å²) in [5, 5.41) is 4.18. The molecule has 3 aromatic rings. The van der Waals surface area contributed by atoms with Crippen molar-refractivity contribution in [2.45, 2.75) is 39.5 Å². The lowest BCUT2D eigenvalue weighted by Gasteiger charge is -2.36. The number of rotatable bonds is 4. The van der Waals surface area contributed by atoms with E-state index >= 15 is 0 Å². The first-order chi connectivity index (χ1) is 13.4. The number of nitrogens with zero attached hydrogens (tertiary/aromatic N) is 1. The van der Waals surface area contributed by atoms with Gasteiger partial charge in [0.25, 0.3) is 5.91 Å². The Labute approximate surface area is 166 Å². The Kier molecular flexibility index (Phi) is 5.02. The predicted octanol–water partition coefficient (Wildman–Crippen LogP) is 5.24. The largest absolute Gasteiger partial charge is 0.472 e. The monoisotopic (exact) mass is 379 g/mol. The van der Waals surface area contributed by atoms with Gasteiger partial charge in [-0.25, -0.2) is 0 Å². The average Bonchev–Trinajstić information content (AvgIpc) is 3.31. The second-order valence-corrected chi connectivity index (χ2v) is 9.08. The molecule has 0 spiro atoms. The summed E-state index contributed by atoms with van der Waals surface area (Å²) in [4.78, 5) is 18.3. The molecule has 1 saturated heterocycles. The van der Waals surface area contributed by atoms with Gasteiger partial charge in [0, 0.05) is 29.3 Å². The van der Waals surface area contributed by atoms with Gasteiger partial charge < -0.3 is 19.6 Å². The van der Waals surface area contributed by atoms with Crippen LogP contribution in [0.2, 0.25) is 0 Å². The highest BCUT2D eigenvalue weighted by atomic mass is 16.3. The zero-order valence-corrected chi connectivity index (χ0v) is 16.9. The summed E-state index contributed by atoms with van der Waals surface area (Å²) in [6, 6.07) is 7.73.